The van der Waals surface area contributed by atoms with Gasteiger partial charge in [-0.25, -0.2) is 0 Å². The first-order valence-corrected chi connectivity index (χ1v) is 7.73. The molecule has 0 radical (unpaired) electrons. The summed E-state index contributed by atoms with van der Waals surface area (Å²) in [5, 5.41) is 3.45. The van der Waals surface area contributed by atoms with Crippen LogP contribution in [0.5, 0.6) is 0 Å². The second-order valence-electron chi connectivity index (χ2n) is 3.96. The standard InChI is InChI=1S/C15H15BrN2S/c1-2-7-19-15-6-4-3-5-14(15)18-10-12-8-13(16)11-17-9-12/h2-6,8-9,11,18H,1,7,10H2. The van der Waals surface area contributed by atoms with Crippen molar-refractivity contribution in [3.05, 3.63) is 65.4 Å². The molecule has 0 fully saturated rings. The highest BCUT2D eigenvalue weighted by Gasteiger charge is 2.01. The molecule has 0 unspecified atom stereocenters. The van der Waals surface area contributed by atoms with Crippen LogP contribution in [0.15, 0.2) is 64.7 Å². The van der Waals surface area contributed by atoms with Crippen molar-refractivity contribution in [3.8, 4) is 0 Å². The lowest BCUT2D eigenvalue weighted by atomic mass is 10.2. The maximum absolute atomic E-state index is 4.16. The van der Waals surface area contributed by atoms with Crippen molar-refractivity contribution in [3.63, 3.8) is 0 Å². The number of rotatable bonds is 6. The molecule has 1 N–H and O–H groups in total. The highest BCUT2D eigenvalue weighted by molar-refractivity contribution is 9.10. The lowest BCUT2D eigenvalue weighted by Gasteiger charge is -2.11. The minimum atomic E-state index is 0.762. The van der Waals surface area contributed by atoms with Crippen LogP contribution in [0.25, 0.3) is 0 Å². The summed E-state index contributed by atoms with van der Waals surface area (Å²) < 4.78 is 1.00. The van der Waals surface area contributed by atoms with Gasteiger partial charge in [0.2, 0.25) is 0 Å². The van der Waals surface area contributed by atoms with Crippen molar-refractivity contribution in [2.45, 2.75) is 11.4 Å². The third-order valence-electron chi connectivity index (χ3n) is 2.49. The molecule has 0 saturated heterocycles. The van der Waals surface area contributed by atoms with Crippen LogP contribution >= 0.6 is 27.7 Å². The summed E-state index contributed by atoms with van der Waals surface area (Å²) in [6.07, 6.45) is 5.58. The predicted octanol–water partition coefficient (Wildman–Crippen LogP) is 4.73. The molecule has 1 aromatic heterocycles. The van der Waals surface area contributed by atoms with Gasteiger partial charge >= 0.3 is 0 Å². The Morgan fingerprint density at radius 1 is 1.32 bits per heavy atom. The van der Waals surface area contributed by atoms with Crippen molar-refractivity contribution in [2.75, 3.05) is 11.1 Å². The number of benzene rings is 1. The minimum absolute atomic E-state index is 0.762. The Labute approximate surface area is 126 Å². The molecule has 0 saturated carbocycles. The van der Waals surface area contributed by atoms with Crippen LogP contribution in [0.4, 0.5) is 5.69 Å². The summed E-state index contributed by atoms with van der Waals surface area (Å²) in [6.45, 7) is 4.52. The van der Waals surface area contributed by atoms with E-state index in [0.29, 0.717) is 0 Å². The van der Waals surface area contributed by atoms with Crippen molar-refractivity contribution in [1.82, 2.24) is 4.98 Å². The van der Waals surface area contributed by atoms with E-state index in [4.69, 9.17) is 0 Å². The molecule has 19 heavy (non-hydrogen) atoms. The van der Waals surface area contributed by atoms with Crippen LogP contribution < -0.4 is 5.32 Å². The molecule has 0 amide bonds. The van der Waals surface area contributed by atoms with Crippen molar-refractivity contribution < 1.29 is 0 Å². The van der Waals surface area contributed by atoms with E-state index in [9.17, 15) is 0 Å². The van der Waals surface area contributed by atoms with Crippen molar-refractivity contribution in [2.24, 2.45) is 0 Å². The molecule has 0 aliphatic carbocycles. The number of nitrogens with one attached hydrogen (secondary N) is 1. The number of aromatic nitrogens is 1. The molecule has 1 heterocycles. The summed E-state index contributed by atoms with van der Waals surface area (Å²) >= 11 is 5.21. The third kappa shape index (κ3) is 4.40. The summed E-state index contributed by atoms with van der Waals surface area (Å²) in [6, 6.07) is 10.4. The topological polar surface area (TPSA) is 24.9 Å². The third-order valence-corrected chi connectivity index (χ3v) is 3.99. The summed E-state index contributed by atoms with van der Waals surface area (Å²) in [5.74, 6) is 0.914. The summed E-state index contributed by atoms with van der Waals surface area (Å²) in [4.78, 5) is 5.40. The van der Waals surface area contributed by atoms with Gasteiger partial charge in [0.15, 0.2) is 0 Å². The Morgan fingerprint density at radius 3 is 2.95 bits per heavy atom. The van der Waals surface area contributed by atoms with E-state index in [1.165, 1.54) is 4.90 Å². The Morgan fingerprint density at radius 2 is 2.16 bits per heavy atom. The van der Waals surface area contributed by atoms with Crippen LogP contribution in [0, 0.1) is 0 Å². The van der Waals surface area contributed by atoms with Crippen LogP contribution in [0.3, 0.4) is 0 Å². The quantitative estimate of drug-likeness (QED) is 0.610. The van der Waals surface area contributed by atoms with Crippen LogP contribution in [-0.4, -0.2) is 10.7 Å². The number of thioether (sulfide) groups is 1. The zero-order valence-electron chi connectivity index (χ0n) is 10.5. The number of hydrogen-bond acceptors (Lipinski definition) is 3. The number of nitrogens with zero attached hydrogens (tertiary/aromatic N) is 1. The van der Waals surface area contributed by atoms with Gasteiger partial charge in [-0.15, -0.1) is 18.3 Å². The SMILES string of the molecule is C=CCSc1ccccc1NCc1cncc(Br)c1. The number of pyridine rings is 1. The molecular formula is C15H15BrN2S. The number of halogens is 1. The van der Waals surface area contributed by atoms with Gasteiger partial charge in [-0.1, -0.05) is 18.2 Å². The molecule has 2 aromatic rings. The van der Waals surface area contributed by atoms with Crippen molar-refractivity contribution >= 4 is 33.4 Å². The fourth-order valence-corrected chi connectivity index (χ4v) is 2.82. The first-order chi connectivity index (χ1) is 9.29. The maximum atomic E-state index is 4.16. The molecule has 4 heteroatoms. The molecular weight excluding hydrogens is 320 g/mol. The van der Waals surface area contributed by atoms with Crippen LogP contribution in [0.1, 0.15) is 5.56 Å². The second kappa shape index (κ2) is 7.36. The van der Waals surface area contributed by atoms with E-state index >= 15 is 0 Å². The van der Waals surface area contributed by atoms with Gasteiger partial charge in [0, 0.05) is 39.7 Å². The van der Waals surface area contributed by atoms with Gasteiger partial charge in [-0.2, -0.15) is 0 Å². The molecule has 2 rings (SSSR count). The zero-order valence-corrected chi connectivity index (χ0v) is 12.9. The molecule has 2 nitrogen and oxygen atoms in total. The largest absolute Gasteiger partial charge is 0.380 e. The van der Waals surface area contributed by atoms with Gasteiger partial charge in [0.05, 0.1) is 0 Å². The average Bonchev–Trinajstić information content (AvgIpc) is 2.44. The van der Waals surface area contributed by atoms with Crippen LogP contribution in [-0.2, 0) is 6.54 Å². The van der Waals surface area contributed by atoms with Gasteiger partial charge in [0.25, 0.3) is 0 Å². The summed E-state index contributed by atoms with van der Waals surface area (Å²) in [7, 11) is 0. The normalized spacial score (nSPS) is 10.2. The van der Waals surface area contributed by atoms with Crippen LogP contribution in [0.2, 0.25) is 0 Å². The highest BCUT2D eigenvalue weighted by atomic mass is 79.9. The van der Waals surface area contributed by atoms with E-state index in [2.05, 4.69) is 57.1 Å². The molecule has 0 aliphatic rings. The fourth-order valence-electron chi connectivity index (χ4n) is 1.64. The van der Waals surface area contributed by atoms with E-state index < -0.39 is 0 Å². The minimum Gasteiger partial charge on any atom is -0.380 e. The highest BCUT2D eigenvalue weighted by Crippen LogP contribution is 2.27. The smallest absolute Gasteiger partial charge is 0.0481 e. The van der Waals surface area contributed by atoms with Crippen molar-refractivity contribution in [1.29, 1.82) is 0 Å². The molecule has 0 spiro atoms. The van der Waals surface area contributed by atoms with E-state index in [1.54, 1.807) is 18.0 Å². The van der Waals surface area contributed by atoms with E-state index in [1.807, 2.05) is 18.3 Å². The number of anilines is 1. The lowest BCUT2D eigenvalue weighted by Crippen LogP contribution is -2.01. The molecule has 98 valence electrons. The molecule has 0 atom stereocenters. The van der Waals surface area contributed by atoms with Gasteiger partial charge in [0.1, 0.15) is 0 Å². The van der Waals surface area contributed by atoms with E-state index in [0.717, 1.165) is 28.0 Å². The average molecular weight is 335 g/mol. The Hall–Kier alpha value is -1.26. The fraction of sp³-hybridized carbons (Fsp3) is 0.133. The summed E-state index contributed by atoms with van der Waals surface area (Å²) in [5.41, 5.74) is 2.30. The van der Waals surface area contributed by atoms with E-state index in [-0.39, 0.29) is 0 Å². The Balaban J connectivity index is 2.04. The Kier molecular flexibility index (Phi) is 5.48. The predicted molar refractivity (Wildman–Crippen MR) is 86.6 cm³/mol. The molecule has 0 aliphatic heterocycles. The zero-order chi connectivity index (χ0) is 13.5. The lowest BCUT2D eigenvalue weighted by molar-refractivity contribution is 1.09. The number of para-hydroxylation sites is 1. The monoisotopic (exact) mass is 334 g/mol. The first kappa shape index (κ1) is 14.2. The molecule has 0 bridgehead atoms. The first-order valence-electron chi connectivity index (χ1n) is 5.95. The number of hydrogen-bond donors (Lipinski definition) is 1. The second-order valence-corrected chi connectivity index (χ2v) is 5.94. The maximum Gasteiger partial charge on any atom is 0.0481 e. The van der Waals surface area contributed by atoms with Gasteiger partial charge in [-0.05, 0) is 39.7 Å². The van der Waals surface area contributed by atoms with Gasteiger partial charge < -0.3 is 5.32 Å². The molecule has 1 aromatic carbocycles. The Bertz CT molecular complexity index is 557. The van der Waals surface area contributed by atoms with Gasteiger partial charge in [-0.3, -0.25) is 4.98 Å².